The number of pyridine rings is 1. The Balaban J connectivity index is 1.65. The van der Waals surface area contributed by atoms with Crippen molar-refractivity contribution >= 4 is 0 Å². The average molecular weight is 312 g/mol. The van der Waals surface area contributed by atoms with Gasteiger partial charge in [-0.25, -0.2) is 0 Å². The Morgan fingerprint density at radius 1 is 1.22 bits per heavy atom. The molecule has 1 N–H and O–H groups in total. The maximum absolute atomic E-state index is 10.00. The third kappa shape index (κ3) is 4.30. The fourth-order valence-electron chi connectivity index (χ4n) is 3.25. The lowest BCUT2D eigenvalue weighted by Gasteiger charge is -2.24. The lowest BCUT2D eigenvalue weighted by Crippen LogP contribution is -2.29. The lowest BCUT2D eigenvalue weighted by molar-refractivity contribution is 0.107. The van der Waals surface area contributed by atoms with E-state index in [0.29, 0.717) is 5.92 Å². The summed E-state index contributed by atoms with van der Waals surface area (Å²) in [5.41, 5.74) is 1.14. The molecule has 23 heavy (non-hydrogen) atoms. The topological polar surface area (TPSA) is 45.6 Å². The van der Waals surface area contributed by atoms with Gasteiger partial charge in [-0.15, -0.1) is 0 Å². The molecule has 2 aromatic rings. The molecule has 1 heterocycles. The Bertz CT molecular complexity index is 618. The highest BCUT2D eigenvalue weighted by molar-refractivity contribution is 5.37. The van der Waals surface area contributed by atoms with Crippen molar-refractivity contribution in [2.45, 2.75) is 31.9 Å². The van der Waals surface area contributed by atoms with Crippen molar-refractivity contribution in [2.75, 3.05) is 13.6 Å². The van der Waals surface area contributed by atoms with E-state index in [1.807, 2.05) is 30.3 Å². The quantitative estimate of drug-likeness (QED) is 0.887. The maximum Gasteiger partial charge on any atom is 0.145 e. The van der Waals surface area contributed by atoms with Crippen LogP contribution in [0.5, 0.6) is 11.5 Å². The third-order valence-electron chi connectivity index (χ3n) is 4.44. The van der Waals surface area contributed by atoms with Gasteiger partial charge in [0.25, 0.3) is 0 Å². The number of benzene rings is 1. The highest BCUT2D eigenvalue weighted by Crippen LogP contribution is 2.28. The van der Waals surface area contributed by atoms with E-state index < -0.39 is 0 Å². The van der Waals surface area contributed by atoms with Crippen LogP contribution in [0.15, 0.2) is 48.8 Å². The zero-order valence-electron chi connectivity index (χ0n) is 13.6. The van der Waals surface area contributed by atoms with Crippen LogP contribution in [0.25, 0.3) is 0 Å². The summed E-state index contributed by atoms with van der Waals surface area (Å²) < 4.78 is 5.96. The summed E-state index contributed by atoms with van der Waals surface area (Å²) in [6.45, 7) is 1.72. The standard InChI is InChI=1S/C19H24N2O2/c1-21(13-15-7-4-9-18(15)22)14-16-6-2-3-10-19(16)23-17-8-5-11-20-12-17/h2-3,5-6,8,10-12,15,18,22H,4,7,9,13-14H2,1H3. The van der Waals surface area contributed by atoms with Crippen molar-refractivity contribution in [3.05, 3.63) is 54.4 Å². The molecular weight excluding hydrogens is 288 g/mol. The summed E-state index contributed by atoms with van der Waals surface area (Å²) in [5, 5.41) is 10.00. The van der Waals surface area contributed by atoms with Crippen LogP contribution >= 0.6 is 0 Å². The van der Waals surface area contributed by atoms with Crippen molar-refractivity contribution in [2.24, 2.45) is 5.92 Å². The van der Waals surface area contributed by atoms with E-state index in [9.17, 15) is 5.11 Å². The Kier molecular flexibility index (Phi) is 5.26. The molecule has 0 spiro atoms. The predicted molar refractivity (Wildman–Crippen MR) is 90.4 cm³/mol. The van der Waals surface area contributed by atoms with Crippen molar-refractivity contribution in [3.63, 3.8) is 0 Å². The summed E-state index contributed by atoms with van der Waals surface area (Å²) >= 11 is 0. The van der Waals surface area contributed by atoms with Crippen molar-refractivity contribution in [3.8, 4) is 11.5 Å². The molecule has 4 nitrogen and oxygen atoms in total. The number of ether oxygens (including phenoxy) is 1. The van der Waals surface area contributed by atoms with Crippen molar-refractivity contribution in [1.82, 2.24) is 9.88 Å². The predicted octanol–water partition coefficient (Wildman–Crippen LogP) is 3.47. The summed E-state index contributed by atoms with van der Waals surface area (Å²) in [6.07, 6.45) is 6.52. The minimum Gasteiger partial charge on any atom is -0.455 e. The van der Waals surface area contributed by atoms with Crippen LogP contribution in [0, 0.1) is 5.92 Å². The molecule has 1 aliphatic rings. The number of para-hydroxylation sites is 1. The van der Waals surface area contributed by atoms with E-state index in [1.165, 1.54) is 0 Å². The summed E-state index contributed by atoms with van der Waals surface area (Å²) in [6, 6.07) is 11.9. The normalized spacial score (nSPS) is 20.8. The zero-order chi connectivity index (χ0) is 16.1. The molecule has 1 aromatic carbocycles. The second-order valence-electron chi connectivity index (χ2n) is 6.35. The fraction of sp³-hybridized carbons (Fsp3) is 0.421. The van der Waals surface area contributed by atoms with E-state index in [2.05, 4.69) is 23.0 Å². The Hall–Kier alpha value is -1.91. The SMILES string of the molecule is CN(Cc1ccccc1Oc1cccnc1)CC1CCCC1O. The molecule has 1 saturated carbocycles. The van der Waals surface area contributed by atoms with Crippen LogP contribution in [-0.4, -0.2) is 34.7 Å². The van der Waals surface area contributed by atoms with Gasteiger partial charge in [-0.2, -0.15) is 0 Å². The summed E-state index contributed by atoms with van der Waals surface area (Å²) in [4.78, 5) is 6.35. The number of aliphatic hydroxyl groups excluding tert-OH is 1. The van der Waals surface area contributed by atoms with Gasteiger partial charge < -0.3 is 14.7 Å². The lowest BCUT2D eigenvalue weighted by atomic mass is 10.1. The third-order valence-corrected chi connectivity index (χ3v) is 4.44. The van der Waals surface area contributed by atoms with Crippen LogP contribution in [-0.2, 0) is 6.54 Å². The monoisotopic (exact) mass is 312 g/mol. The van der Waals surface area contributed by atoms with E-state index in [1.54, 1.807) is 12.4 Å². The average Bonchev–Trinajstić information content (AvgIpc) is 2.95. The minimum absolute atomic E-state index is 0.140. The highest BCUT2D eigenvalue weighted by atomic mass is 16.5. The summed E-state index contributed by atoms with van der Waals surface area (Å²) in [7, 11) is 2.10. The molecule has 122 valence electrons. The first-order valence-electron chi connectivity index (χ1n) is 8.25. The molecule has 4 heteroatoms. The number of aliphatic hydroxyl groups is 1. The first kappa shape index (κ1) is 16.0. The van der Waals surface area contributed by atoms with Gasteiger partial charge in [0.1, 0.15) is 11.5 Å². The van der Waals surface area contributed by atoms with E-state index in [-0.39, 0.29) is 6.10 Å². The molecule has 2 unspecified atom stereocenters. The van der Waals surface area contributed by atoms with Gasteiger partial charge in [-0.3, -0.25) is 4.98 Å². The number of nitrogens with zero attached hydrogens (tertiary/aromatic N) is 2. The Labute approximate surface area is 137 Å². The molecule has 3 rings (SSSR count). The van der Waals surface area contributed by atoms with E-state index >= 15 is 0 Å². The van der Waals surface area contributed by atoms with Crippen LogP contribution in [0.1, 0.15) is 24.8 Å². The molecule has 1 aliphatic carbocycles. The molecule has 1 fully saturated rings. The summed E-state index contributed by atoms with van der Waals surface area (Å²) in [5.74, 6) is 2.00. The minimum atomic E-state index is -0.140. The van der Waals surface area contributed by atoms with Crippen LogP contribution in [0.3, 0.4) is 0 Å². The zero-order valence-corrected chi connectivity index (χ0v) is 13.6. The number of hydrogen-bond acceptors (Lipinski definition) is 4. The molecule has 0 bridgehead atoms. The van der Waals surface area contributed by atoms with E-state index in [4.69, 9.17) is 4.74 Å². The van der Waals surface area contributed by atoms with Crippen LogP contribution in [0.2, 0.25) is 0 Å². The molecule has 1 aromatic heterocycles. The number of aromatic nitrogens is 1. The molecule has 0 radical (unpaired) electrons. The van der Waals surface area contributed by atoms with Crippen molar-refractivity contribution in [1.29, 1.82) is 0 Å². The molecule has 0 amide bonds. The van der Waals surface area contributed by atoms with Gasteiger partial charge in [0, 0.05) is 24.8 Å². The molecule has 0 aliphatic heterocycles. The molecule has 2 atom stereocenters. The van der Waals surface area contributed by atoms with Gasteiger partial charge in [0.2, 0.25) is 0 Å². The van der Waals surface area contributed by atoms with Gasteiger partial charge >= 0.3 is 0 Å². The molecule has 0 saturated heterocycles. The van der Waals surface area contributed by atoms with E-state index in [0.717, 1.165) is 49.4 Å². The second kappa shape index (κ2) is 7.57. The fourth-order valence-corrected chi connectivity index (χ4v) is 3.25. The largest absolute Gasteiger partial charge is 0.455 e. The Morgan fingerprint density at radius 3 is 2.83 bits per heavy atom. The Morgan fingerprint density at radius 2 is 2.09 bits per heavy atom. The van der Waals surface area contributed by atoms with Crippen molar-refractivity contribution < 1.29 is 9.84 Å². The maximum atomic E-state index is 10.00. The highest BCUT2D eigenvalue weighted by Gasteiger charge is 2.26. The second-order valence-corrected chi connectivity index (χ2v) is 6.35. The number of rotatable bonds is 6. The number of hydrogen-bond donors (Lipinski definition) is 1. The first-order chi connectivity index (χ1) is 11.2. The molecular formula is C19H24N2O2. The van der Waals surface area contributed by atoms with Gasteiger partial charge in [0.05, 0.1) is 12.3 Å². The van der Waals surface area contributed by atoms with Gasteiger partial charge in [-0.1, -0.05) is 24.6 Å². The van der Waals surface area contributed by atoms with Crippen LogP contribution in [0.4, 0.5) is 0 Å². The smallest absolute Gasteiger partial charge is 0.145 e. The van der Waals surface area contributed by atoms with Gasteiger partial charge in [0.15, 0.2) is 0 Å². The first-order valence-corrected chi connectivity index (χ1v) is 8.25. The van der Waals surface area contributed by atoms with Crippen LogP contribution < -0.4 is 4.74 Å². The van der Waals surface area contributed by atoms with Gasteiger partial charge in [-0.05, 0) is 44.0 Å².